The molecule has 100 valence electrons. The number of nitrogens with two attached hydrogens (primary N) is 1. The van der Waals surface area contributed by atoms with Gasteiger partial charge in [0.25, 0.3) is 0 Å². The quantitative estimate of drug-likeness (QED) is 0.810. The first-order valence-corrected chi connectivity index (χ1v) is 6.39. The van der Waals surface area contributed by atoms with Gasteiger partial charge >= 0.3 is 0 Å². The maximum absolute atomic E-state index is 12.3. The zero-order valence-corrected chi connectivity index (χ0v) is 11.5. The Morgan fingerprint density at radius 3 is 2.71 bits per heavy atom. The first-order chi connectivity index (χ1) is 7.86. The second-order valence-corrected chi connectivity index (χ2v) is 6.09. The van der Waals surface area contributed by atoms with Gasteiger partial charge < -0.3 is 15.4 Å². The highest BCUT2D eigenvalue weighted by atomic mass is 16.5. The fraction of sp³-hybridized carbons (Fsp3) is 0.923. The van der Waals surface area contributed by atoms with Crippen LogP contribution in [0.1, 0.15) is 33.6 Å². The average molecular weight is 242 g/mol. The van der Waals surface area contributed by atoms with Gasteiger partial charge in [-0.2, -0.15) is 0 Å². The molecule has 2 unspecified atom stereocenters. The molecular weight excluding hydrogens is 216 g/mol. The predicted octanol–water partition coefficient (Wildman–Crippen LogP) is 1.24. The average Bonchev–Trinajstić information content (AvgIpc) is 2.27. The fourth-order valence-corrected chi connectivity index (χ4v) is 2.20. The minimum atomic E-state index is -0.413. The molecule has 0 aromatic heterocycles. The lowest BCUT2D eigenvalue weighted by Gasteiger charge is -2.37. The van der Waals surface area contributed by atoms with Crippen LogP contribution in [-0.4, -0.2) is 43.7 Å². The molecule has 0 aliphatic carbocycles. The molecular formula is C13H26N2O2. The van der Waals surface area contributed by atoms with Crippen LogP contribution < -0.4 is 5.73 Å². The summed E-state index contributed by atoms with van der Waals surface area (Å²) in [6.07, 6.45) is 2.19. The van der Waals surface area contributed by atoms with Crippen molar-refractivity contribution in [3.8, 4) is 0 Å². The van der Waals surface area contributed by atoms with Crippen molar-refractivity contribution >= 4 is 5.91 Å². The number of carbonyl (C=O) groups is 1. The Labute approximate surface area is 104 Å². The minimum absolute atomic E-state index is 0.0818. The smallest absolute Gasteiger partial charge is 0.240 e. The van der Waals surface area contributed by atoms with Gasteiger partial charge in [-0.3, -0.25) is 4.79 Å². The lowest BCUT2D eigenvalue weighted by Crippen LogP contribution is -2.53. The number of piperidine rings is 1. The molecule has 1 amide bonds. The Kier molecular flexibility index (Phi) is 4.95. The van der Waals surface area contributed by atoms with Gasteiger partial charge in [-0.25, -0.2) is 0 Å². The molecule has 0 aromatic carbocycles. The van der Waals surface area contributed by atoms with Gasteiger partial charge in [0.05, 0.1) is 12.6 Å². The topological polar surface area (TPSA) is 55.6 Å². The van der Waals surface area contributed by atoms with Crippen molar-refractivity contribution in [1.29, 1.82) is 0 Å². The van der Waals surface area contributed by atoms with E-state index in [2.05, 4.69) is 0 Å². The van der Waals surface area contributed by atoms with Crippen LogP contribution in [0, 0.1) is 11.3 Å². The number of methoxy groups -OCH3 is 1. The minimum Gasteiger partial charge on any atom is -0.384 e. The van der Waals surface area contributed by atoms with Gasteiger partial charge in [0.1, 0.15) is 0 Å². The molecule has 2 atom stereocenters. The molecule has 1 aliphatic heterocycles. The van der Waals surface area contributed by atoms with E-state index in [-0.39, 0.29) is 11.3 Å². The number of hydrogen-bond acceptors (Lipinski definition) is 3. The molecule has 2 N–H and O–H groups in total. The first kappa shape index (κ1) is 14.5. The van der Waals surface area contributed by atoms with E-state index < -0.39 is 6.04 Å². The third kappa shape index (κ3) is 3.96. The number of likely N-dealkylation sites (tertiary alicyclic amines) is 1. The second kappa shape index (κ2) is 5.83. The molecule has 4 nitrogen and oxygen atoms in total. The lowest BCUT2D eigenvalue weighted by atomic mass is 9.86. The summed E-state index contributed by atoms with van der Waals surface area (Å²) in [6.45, 7) is 8.37. The van der Waals surface area contributed by atoms with Gasteiger partial charge in [0.15, 0.2) is 0 Å². The summed E-state index contributed by atoms with van der Waals surface area (Å²) >= 11 is 0. The van der Waals surface area contributed by atoms with Crippen molar-refractivity contribution in [3.05, 3.63) is 0 Å². The number of rotatable bonds is 3. The maximum atomic E-state index is 12.3. The van der Waals surface area contributed by atoms with Gasteiger partial charge in [-0.15, -0.1) is 0 Å². The highest BCUT2D eigenvalue weighted by Gasteiger charge is 2.33. The molecule has 1 heterocycles. The number of carbonyl (C=O) groups excluding carboxylic acids is 1. The Hall–Kier alpha value is -0.610. The van der Waals surface area contributed by atoms with E-state index in [0.717, 1.165) is 32.5 Å². The molecule has 0 spiro atoms. The van der Waals surface area contributed by atoms with Crippen molar-refractivity contribution < 1.29 is 9.53 Å². The number of ether oxygens (including phenoxy) is 1. The molecule has 1 aliphatic rings. The summed E-state index contributed by atoms with van der Waals surface area (Å²) in [6, 6.07) is -0.413. The molecule has 1 fully saturated rings. The SMILES string of the molecule is COCC1CCCN(C(=O)C(N)C(C)(C)C)C1. The van der Waals surface area contributed by atoms with Crippen molar-refractivity contribution in [3.63, 3.8) is 0 Å². The van der Waals surface area contributed by atoms with Crippen molar-refractivity contribution in [2.24, 2.45) is 17.1 Å². The highest BCUT2D eigenvalue weighted by molar-refractivity contribution is 5.82. The standard InChI is InChI=1S/C13H26N2O2/c1-13(2,3)11(14)12(16)15-7-5-6-10(8-15)9-17-4/h10-11H,5-9,14H2,1-4H3. The molecule has 0 radical (unpaired) electrons. The van der Waals surface area contributed by atoms with E-state index in [1.54, 1.807) is 7.11 Å². The van der Waals surface area contributed by atoms with Crippen LogP contribution in [0.25, 0.3) is 0 Å². The van der Waals surface area contributed by atoms with E-state index in [1.807, 2.05) is 25.7 Å². The van der Waals surface area contributed by atoms with Crippen LogP contribution >= 0.6 is 0 Å². The van der Waals surface area contributed by atoms with E-state index >= 15 is 0 Å². The maximum Gasteiger partial charge on any atom is 0.240 e. The number of hydrogen-bond donors (Lipinski definition) is 1. The second-order valence-electron chi connectivity index (χ2n) is 6.09. The summed E-state index contributed by atoms with van der Waals surface area (Å²) in [7, 11) is 1.71. The molecule has 0 saturated carbocycles. The highest BCUT2D eigenvalue weighted by Crippen LogP contribution is 2.22. The van der Waals surface area contributed by atoms with Gasteiger partial charge in [-0.05, 0) is 24.2 Å². The predicted molar refractivity (Wildman–Crippen MR) is 68.6 cm³/mol. The van der Waals surface area contributed by atoms with E-state index in [9.17, 15) is 4.79 Å². The molecule has 1 saturated heterocycles. The van der Waals surface area contributed by atoms with Crippen LogP contribution in [0.15, 0.2) is 0 Å². The molecule has 0 bridgehead atoms. The van der Waals surface area contributed by atoms with Crippen LogP contribution in [0.4, 0.5) is 0 Å². The summed E-state index contributed by atoms with van der Waals surface area (Å²) in [5, 5.41) is 0. The zero-order chi connectivity index (χ0) is 13.1. The summed E-state index contributed by atoms with van der Waals surface area (Å²) < 4.78 is 5.17. The first-order valence-electron chi connectivity index (χ1n) is 6.39. The Balaban J connectivity index is 2.57. The molecule has 17 heavy (non-hydrogen) atoms. The van der Waals surface area contributed by atoms with Gasteiger partial charge in [0.2, 0.25) is 5.91 Å². The Morgan fingerprint density at radius 1 is 1.53 bits per heavy atom. The number of amides is 1. The van der Waals surface area contributed by atoms with Crippen LogP contribution in [0.3, 0.4) is 0 Å². The van der Waals surface area contributed by atoms with Crippen molar-refractivity contribution in [2.75, 3.05) is 26.8 Å². The van der Waals surface area contributed by atoms with Crippen LogP contribution in [0.5, 0.6) is 0 Å². The van der Waals surface area contributed by atoms with E-state index in [4.69, 9.17) is 10.5 Å². The lowest BCUT2D eigenvalue weighted by molar-refractivity contribution is -0.137. The van der Waals surface area contributed by atoms with Crippen molar-refractivity contribution in [2.45, 2.75) is 39.7 Å². The summed E-state index contributed by atoms with van der Waals surface area (Å²) in [5.41, 5.74) is 5.85. The summed E-state index contributed by atoms with van der Waals surface area (Å²) in [4.78, 5) is 14.2. The normalized spacial score (nSPS) is 23.6. The molecule has 0 aromatic rings. The molecule has 1 rings (SSSR count). The Morgan fingerprint density at radius 2 is 2.18 bits per heavy atom. The fourth-order valence-electron chi connectivity index (χ4n) is 2.20. The van der Waals surface area contributed by atoms with Crippen LogP contribution in [0.2, 0.25) is 0 Å². The summed E-state index contributed by atoms with van der Waals surface area (Å²) in [5.74, 6) is 0.545. The van der Waals surface area contributed by atoms with E-state index in [1.165, 1.54) is 0 Å². The van der Waals surface area contributed by atoms with E-state index in [0.29, 0.717) is 5.92 Å². The Bertz CT molecular complexity index is 259. The van der Waals surface area contributed by atoms with Crippen molar-refractivity contribution in [1.82, 2.24) is 4.90 Å². The number of nitrogens with zero attached hydrogens (tertiary/aromatic N) is 1. The molecule has 4 heteroatoms. The zero-order valence-electron chi connectivity index (χ0n) is 11.5. The third-order valence-corrected chi connectivity index (χ3v) is 3.43. The van der Waals surface area contributed by atoms with Crippen LogP contribution in [-0.2, 0) is 9.53 Å². The largest absolute Gasteiger partial charge is 0.384 e. The third-order valence-electron chi connectivity index (χ3n) is 3.43. The van der Waals surface area contributed by atoms with Gasteiger partial charge in [-0.1, -0.05) is 20.8 Å². The van der Waals surface area contributed by atoms with Gasteiger partial charge in [0, 0.05) is 20.2 Å². The monoisotopic (exact) mass is 242 g/mol.